The Kier molecular flexibility index (Phi) is 4.76. The number of carbonyl (C=O) groups excluding carboxylic acids is 2. The number of ether oxygens (including phenoxy) is 2. The topological polar surface area (TPSA) is 52.6 Å². The van der Waals surface area contributed by atoms with Crippen molar-refractivity contribution in [3.63, 3.8) is 0 Å². The first kappa shape index (κ1) is 19.7. The normalized spacial score (nSPS) is 22.2. The fourth-order valence-electron chi connectivity index (χ4n) is 5.49. The predicted molar refractivity (Wildman–Crippen MR) is 113 cm³/mol. The quantitative estimate of drug-likeness (QED) is 0.538. The lowest BCUT2D eigenvalue weighted by Gasteiger charge is -2.35. The monoisotopic (exact) mass is 392 g/mol. The van der Waals surface area contributed by atoms with Crippen molar-refractivity contribution in [2.24, 2.45) is 10.8 Å². The first-order chi connectivity index (χ1) is 13.9. The van der Waals surface area contributed by atoms with Crippen LogP contribution in [0.25, 0.3) is 16.3 Å². The average molecular weight is 392 g/mol. The van der Waals surface area contributed by atoms with Gasteiger partial charge in [-0.3, -0.25) is 9.59 Å². The minimum atomic E-state index is -1.25. The van der Waals surface area contributed by atoms with Gasteiger partial charge >= 0.3 is 11.9 Å². The second-order valence-electron chi connectivity index (χ2n) is 8.54. The Bertz CT molecular complexity index is 1010. The fraction of sp³-hybridized carbons (Fsp3) is 0.440. The summed E-state index contributed by atoms with van der Waals surface area (Å²) in [6.07, 6.45) is 1.60. The summed E-state index contributed by atoms with van der Waals surface area (Å²) in [5.41, 5.74) is 3.37. The van der Waals surface area contributed by atoms with Gasteiger partial charge in [-0.15, -0.1) is 0 Å². The lowest BCUT2D eigenvalue weighted by molar-refractivity contribution is -0.172. The first-order valence-electron chi connectivity index (χ1n) is 10.4. The van der Waals surface area contributed by atoms with Gasteiger partial charge < -0.3 is 9.47 Å². The van der Waals surface area contributed by atoms with Crippen molar-refractivity contribution >= 4 is 28.3 Å². The summed E-state index contributed by atoms with van der Waals surface area (Å²) < 4.78 is 10.7. The molecule has 4 heteroatoms. The van der Waals surface area contributed by atoms with E-state index in [2.05, 4.69) is 44.2 Å². The fourth-order valence-corrected chi connectivity index (χ4v) is 5.49. The Hall–Kier alpha value is -2.62. The maximum atomic E-state index is 13.0. The Balaban J connectivity index is 1.88. The zero-order valence-corrected chi connectivity index (χ0v) is 17.6. The van der Waals surface area contributed by atoms with E-state index in [0.29, 0.717) is 12.8 Å². The summed E-state index contributed by atoms with van der Waals surface area (Å²) in [7, 11) is 0. The molecule has 0 aliphatic heterocycles. The summed E-state index contributed by atoms with van der Waals surface area (Å²) in [6.45, 7) is 8.34. The Labute approximate surface area is 171 Å². The molecule has 2 aliphatic rings. The van der Waals surface area contributed by atoms with Gasteiger partial charge in [0.15, 0.2) is 5.41 Å². The van der Waals surface area contributed by atoms with E-state index >= 15 is 0 Å². The van der Waals surface area contributed by atoms with Gasteiger partial charge in [-0.2, -0.15) is 0 Å². The molecule has 0 N–H and O–H groups in total. The largest absolute Gasteiger partial charge is 0.465 e. The Morgan fingerprint density at radius 1 is 0.966 bits per heavy atom. The zero-order chi connectivity index (χ0) is 20.8. The maximum Gasteiger partial charge on any atom is 0.323 e. The molecule has 2 aliphatic carbocycles. The first-order valence-corrected chi connectivity index (χ1v) is 10.4. The molecule has 1 atom stereocenters. The molecule has 0 bridgehead atoms. The van der Waals surface area contributed by atoms with Crippen molar-refractivity contribution < 1.29 is 19.1 Å². The van der Waals surface area contributed by atoms with E-state index in [1.165, 1.54) is 33.0 Å². The van der Waals surface area contributed by atoms with Crippen LogP contribution in [0.4, 0.5) is 0 Å². The smallest absolute Gasteiger partial charge is 0.323 e. The van der Waals surface area contributed by atoms with Gasteiger partial charge in [-0.25, -0.2) is 0 Å². The molecular weight excluding hydrogens is 364 g/mol. The molecule has 0 radical (unpaired) electrons. The van der Waals surface area contributed by atoms with Gasteiger partial charge in [0, 0.05) is 0 Å². The number of rotatable bonds is 4. The summed E-state index contributed by atoms with van der Waals surface area (Å²) in [6, 6.07) is 12.7. The minimum absolute atomic E-state index is 0.250. The number of benzene rings is 2. The van der Waals surface area contributed by atoms with E-state index in [1.807, 2.05) is 6.07 Å². The number of esters is 2. The summed E-state index contributed by atoms with van der Waals surface area (Å²) in [5, 5.41) is 2.43. The molecule has 1 fully saturated rings. The maximum absolute atomic E-state index is 13.0. The van der Waals surface area contributed by atoms with Crippen molar-refractivity contribution in [1.82, 2.24) is 0 Å². The van der Waals surface area contributed by atoms with Crippen LogP contribution >= 0.6 is 0 Å². The molecule has 152 valence electrons. The van der Waals surface area contributed by atoms with Crippen molar-refractivity contribution in [3.05, 3.63) is 53.1 Å². The van der Waals surface area contributed by atoms with E-state index in [9.17, 15) is 9.59 Å². The molecule has 29 heavy (non-hydrogen) atoms. The van der Waals surface area contributed by atoms with E-state index in [0.717, 1.165) is 6.42 Å². The van der Waals surface area contributed by atoms with Crippen LogP contribution in [0.3, 0.4) is 0 Å². The summed E-state index contributed by atoms with van der Waals surface area (Å²) >= 11 is 0. The van der Waals surface area contributed by atoms with Gasteiger partial charge in [0.2, 0.25) is 0 Å². The lowest BCUT2D eigenvalue weighted by Crippen LogP contribution is -2.41. The number of allylic oxidation sites excluding steroid dienone is 2. The lowest BCUT2D eigenvalue weighted by atomic mass is 9.69. The van der Waals surface area contributed by atoms with Gasteiger partial charge in [-0.05, 0) is 72.9 Å². The van der Waals surface area contributed by atoms with E-state index in [4.69, 9.17) is 9.47 Å². The second-order valence-corrected chi connectivity index (χ2v) is 8.54. The number of hydrogen-bond acceptors (Lipinski definition) is 4. The third-order valence-electron chi connectivity index (χ3n) is 6.65. The van der Waals surface area contributed by atoms with Crippen LogP contribution in [0, 0.1) is 10.8 Å². The number of fused-ring (bicyclic) bond motifs is 4. The third kappa shape index (κ3) is 2.88. The Morgan fingerprint density at radius 3 is 2.28 bits per heavy atom. The third-order valence-corrected chi connectivity index (χ3v) is 6.65. The summed E-state index contributed by atoms with van der Waals surface area (Å²) in [4.78, 5) is 26.0. The van der Waals surface area contributed by atoms with E-state index < -0.39 is 17.4 Å². The second kappa shape index (κ2) is 7.01. The molecule has 1 unspecified atom stereocenters. The average Bonchev–Trinajstić information content (AvgIpc) is 3.03. The van der Waals surface area contributed by atoms with Crippen molar-refractivity contribution in [2.75, 3.05) is 13.2 Å². The van der Waals surface area contributed by atoms with Crippen LogP contribution in [0.5, 0.6) is 0 Å². The Morgan fingerprint density at radius 2 is 1.62 bits per heavy atom. The molecular formula is C25H28O4. The van der Waals surface area contributed by atoms with Crippen molar-refractivity contribution in [3.8, 4) is 0 Å². The highest BCUT2D eigenvalue weighted by Gasteiger charge is 2.61. The van der Waals surface area contributed by atoms with Gasteiger partial charge in [-0.1, -0.05) is 48.9 Å². The van der Waals surface area contributed by atoms with Crippen LogP contribution in [-0.2, 0) is 25.5 Å². The zero-order valence-electron chi connectivity index (χ0n) is 17.6. The molecule has 1 saturated carbocycles. The molecule has 2 aromatic rings. The standard InChI is InChI=1S/C25H28O4/c1-5-28-22(26)25(23(27)29-6-2)14-20-16(3)21-18(13-24(20,4)15-25)12-11-17-9-7-8-10-19(17)21/h7-12H,5-6,13-15H2,1-4H3. The SMILES string of the molecule is CCOC(=O)C1(C(=O)OCC)CC2=C(C)c3c(ccc4ccccc34)CC2(C)C1. The van der Waals surface area contributed by atoms with Crippen LogP contribution in [-0.4, -0.2) is 25.2 Å². The number of carbonyl (C=O) groups is 2. The molecule has 0 aromatic heterocycles. The van der Waals surface area contributed by atoms with Crippen LogP contribution in [0.2, 0.25) is 0 Å². The minimum Gasteiger partial charge on any atom is -0.465 e. The van der Waals surface area contributed by atoms with Crippen LogP contribution < -0.4 is 0 Å². The highest BCUT2D eigenvalue weighted by molar-refractivity contribution is 6.03. The molecule has 2 aromatic carbocycles. The molecule has 0 heterocycles. The van der Waals surface area contributed by atoms with Gasteiger partial charge in [0.05, 0.1) is 13.2 Å². The molecule has 0 spiro atoms. The molecule has 4 nitrogen and oxygen atoms in total. The highest BCUT2D eigenvalue weighted by Crippen LogP contribution is 2.60. The predicted octanol–water partition coefficient (Wildman–Crippen LogP) is 5.08. The van der Waals surface area contributed by atoms with E-state index in [1.54, 1.807) is 13.8 Å². The molecule has 0 amide bonds. The van der Waals surface area contributed by atoms with Crippen LogP contribution in [0.15, 0.2) is 42.0 Å². The van der Waals surface area contributed by atoms with Crippen molar-refractivity contribution in [1.29, 1.82) is 0 Å². The van der Waals surface area contributed by atoms with Crippen LogP contribution in [0.1, 0.15) is 51.7 Å². The van der Waals surface area contributed by atoms with Crippen molar-refractivity contribution in [2.45, 2.75) is 47.0 Å². The molecule has 0 saturated heterocycles. The number of hydrogen-bond donors (Lipinski definition) is 0. The highest BCUT2D eigenvalue weighted by atomic mass is 16.6. The molecule has 4 rings (SSSR count). The van der Waals surface area contributed by atoms with E-state index in [-0.39, 0.29) is 18.6 Å². The van der Waals surface area contributed by atoms with Gasteiger partial charge in [0.25, 0.3) is 0 Å². The summed E-state index contributed by atoms with van der Waals surface area (Å²) in [5.74, 6) is -0.911. The van der Waals surface area contributed by atoms with Gasteiger partial charge in [0.1, 0.15) is 0 Å².